The van der Waals surface area contributed by atoms with Gasteiger partial charge in [0.2, 0.25) is 0 Å². The van der Waals surface area contributed by atoms with Crippen molar-refractivity contribution in [2.45, 2.75) is 13.0 Å². The topological polar surface area (TPSA) is 58.0 Å². The van der Waals surface area contributed by atoms with E-state index in [-0.39, 0.29) is 0 Å². The van der Waals surface area contributed by atoms with Gasteiger partial charge in [-0.2, -0.15) is 0 Å². The molecular formula is C13H15N3O. The number of nitrogens with zero attached hydrogens (tertiary/aromatic N) is 2. The molecule has 2 N–H and O–H groups in total. The second kappa shape index (κ2) is 5.41. The fourth-order valence-corrected chi connectivity index (χ4v) is 1.57. The summed E-state index contributed by atoms with van der Waals surface area (Å²) in [6, 6.07) is 9.54. The first-order chi connectivity index (χ1) is 8.27. The highest BCUT2D eigenvalue weighted by Crippen LogP contribution is 2.13. The fraction of sp³-hybridized carbons (Fsp3) is 0.231. The molecule has 0 aliphatic heterocycles. The zero-order valence-corrected chi connectivity index (χ0v) is 9.67. The highest BCUT2D eigenvalue weighted by atomic mass is 16.3. The molecule has 0 aliphatic rings. The summed E-state index contributed by atoms with van der Waals surface area (Å²) in [5.74, 6) is 0.711. The van der Waals surface area contributed by atoms with Crippen LogP contribution in [-0.4, -0.2) is 21.6 Å². The summed E-state index contributed by atoms with van der Waals surface area (Å²) in [6.45, 7) is 2.30. The van der Waals surface area contributed by atoms with Gasteiger partial charge in [-0.1, -0.05) is 30.3 Å². The van der Waals surface area contributed by atoms with Crippen LogP contribution in [0.3, 0.4) is 0 Å². The van der Waals surface area contributed by atoms with Gasteiger partial charge in [0.25, 0.3) is 0 Å². The van der Waals surface area contributed by atoms with Crippen LogP contribution in [0.15, 0.2) is 42.7 Å². The molecule has 88 valence electrons. The van der Waals surface area contributed by atoms with Gasteiger partial charge in [-0.15, -0.1) is 0 Å². The molecule has 1 unspecified atom stereocenters. The molecule has 1 atom stereocenters. The third kappa shape index (κ3) is 3.01. The minimum absolute atomic E-state index is 0.420. The molecule has 1 heterocycles. The third-order valence-electron chi connectivity index (χ3n) is 2.53. The van der Waals surface area contributed by atoms with Gasteiger partial charge >= 0.3 is 0 Å². The molecule has 4 heteroatoms. The Balaban J connectivity index is 1.97. The van der Waals surface area contributed by atoms with Crippen LogP contribution in [-0.2, 0) is 0 Å². The highest BCUT2D eigenvalue weighted by molar-refractivity contribution is 5.38. The average Bonchev–Trinajstić information content (AvgIpc) is 2.38. The lowest BCUT2D eigenvalue weighted by atomic mass is 10.1. The summed E-state index contributed by atoms with van der Waals surface area (Å²) in [4.78, 5) is 8.28. The predicted octanol–water partition coefficient (Wildman–Crippen LogP) is 1.93. The Bertz CT molecular complexity index is 473. The molecule has 1 aromatic heterocycles. The van der Waals surface area contributed by atoms with Crippen molar-refractivity contribution in [1.82, 2.24) is 9.97 Å². The van der Waals surface area contributed by atoms with Crippen molar-refractivity contribution in [3.05, 3.63) is 54.0 Å². The number of anilines is 1. The summed E-state index contributed by atoms with van der Waals surface area (Å²) in [7, 11) is 0. The predicted molar refractivity (Wildman–Crippen MR) is 66.7 cm³/mol. The second-order valence-corrected chi connectivity index (χ2v) is 3.80. The third-order valence-corrected chi connectivity index (χ3v) is 2.53. The Morgan fingerprint density at radius 2 is 1.88 bits per heavy atom. The lowest BCUT2D eigenvalue weighted by Crippen LogP contribution is -2.13. The summed E-state index contributed by atoms with van der Waals surface area (Å²) in [6.07, 6.45) is 2.73. The number of nitrogens with one attached hydrogen (secondary N) is 1. The molecule has 2 rings (SSSR count). The number of hydrogen-bond acceptors (Lipinski definition) is 4. The van der Waals surface area contributed by atoms with E-state index in [4.69, 9.17) is 0 Å². The first-order valence-corrected chi connectivity index (χ1v) is 5.52. The average molecular weight is 229 g/mol. The fourth-order valence-electron chi connectivity index (χ4n) is 1.57. The first kappa shape index (κ1) is 11.5. The maximum Gasteiger partial charge on any atom is 0.147 e. The number of aliphatic hydroxyl groups excluding tert-OH is 1. The van der Waals surface area contributed by atoms with E-state index < -0.39 is 6.10 Å². The SMILES string of the molecule is Cc1nccnc1NCC(O)c1ccccc1. The van der Waals surface area contributed by atoms with Crippen molar-refractivity contribution in [2.24, 2.45) is 0 Å². The molecule has 4 nitrogen and oxygen atoms in total. The van der Waals surface area contributed by atoms with Gasteiger partial charge in [0.15, 0.2) is 0 Å². The largest absolute Gasteiger partial charge is 0.387 e. The molecule has 0 saturated heterocycles. The van der Waals surface area contributed by atoms with Crippen LogP contribution in [0.5, 0.6) is 0 Å². The van der Waals surface area contributed by atoms with Gasteiger partial charge in [0.05, 0.1) is 11.8 Å². The monoisotopic (exact) mass is 229 g/mol. The van der Waals surface area contributed by atoms with Gasteiger partial charge in [0, 0.05) is 18.9 Å². The van der Waals surface area contributed by atoms with E-state index in [0.29, 0.717) is 12.4 Å². The number of aryl methyl sites for hydroxylation is 1. The van der Waals surface area contributed by atoms with Crippen molar-refractivity contribution in [3.63, 3.8) is 0 Å². The molecule has 1 aromatic carbocycles. The summed E-state index contributed by atoms with van der Waals surface area (Å²) >= 11 is 0. The number of aliphatic hydroxyl groups is 1. The number of benzene rings is 1. The van der Waals surface area contributed by atoms with Gasteiger partial charge in [-0.3, -0.25) is 4.98 Å². The lowest BCUT2D eigenvalue weighted by Gasteiger charge is -2.13. The van der Waals surface area contributed by atoms with E-state index in [1.807, 2.05) is 37.3 Å². The van der Waals surface area contributed by atoms with Crippen molar-refractivity contribution < 1.29 is 5.11 Å². The van der Waals surface area contributed by atoms with Crippen LogP contribution in [0.25, 0.3) is 0 Å². The van der Waals surface area contributed by atoms with E-state index in [0.717, 1.165) is 11.3 Å². The van der Waals surface area contributed by atoms with E-state index in [2.05, 4.69) is 15.3 Å². The minimum atomic E-state index is -0.544. The maximum atomic E-state index is 9.96. The molecule has 0 radical (unpaired) electrons. The van der Waals surface area contributed by atoms with E-state index in [9.17, 15) is 5.11 Å². The van der Waals surface area contributed by atoms with Gasteiger partial charge in [-0.25, -0.2) is 4.98 Å². The molecule has 17 heavy (non-hydrogen) atoms. The van der Waals surface area contributed by atoms with Gasteiger partial charge in [-0.05, 0) is 12.5 Å². The normalized spacial score (nSPS) is 12.1. The van der Waals surface area contributed by atoms with E-state index >= 15 is 0 Å². The molecule has 2 aromatic rings. The number of hydrogen-bond donors (Lipinski definition) is 2. The number of aromatic nitrogens is 2. The number of rotatable bonds is 4. The molecule has 0 spiro atoms. The van der Waals surface area contributed by atoms with Crippen LogP contribution in [0.4, 0.5) is 5.82 Å². The lowest BCUT2D eigenvalue weighted by molar-refractivity contribution is 0.191. The molecule has 0 aliphatic carbocycles. The molecule has 0 saturated carbocycles. The van der Waals surface area contributed by atoms with E-state index in [1.165, 1.54) is 0 Å². The smallest absolute Gasteiger partial charge is 0.147 e. The zero-order chi connectivity index (χ0) is 12.1. The summed E-state index contributed by atoms with van der Waals surface area (Å²) in [5.41, 5.74) is 1.72. The maximum absolute atomic E-state index is 9.96. The van der Waals surface area contributed by atoms with Crippen LogP contribution in [0, 0.1) is 6.92 Å². The first-order valence-electron chi connectivity index (χ1n) is 5.52. The van der Waals surface area contributed by atoms with Crippen LogP contribution < -0.4 is 5.32 Å². The van der Waals surface area contributed by atoms with E-state index in [1.54, 1.807) is 12.4 Å². The zero-order valence-electron chi connectivity index (χ0n) is 9.67. The highest BCUT2D eigenvalue weighted by Gasteiger charge is 2.07. The van der Waals surface area contributed by atoms with Crippen molar-refractivity contribution in [3.8, 4) is 0 Å². The Hall–Kier alpha value is -1.94. The van der Waals surface area contributed by atoms with Gasteiger partial charge < -0.3 is 10.4 Å². The van der Waals surface area contributed by atoms with Crippen molar-refractivity contribution in [1.29, 1.82) is 0 Å². The van der Waals surface area contributed by atoms with Gasteiger partial charge in [0.1, 0.15) is 5.82 Å². The van der Waals surface area contributed by atoms with Crippen LogP contribution >= 0.6 is 0 Å². The Morgan fingerprint density at radius 3 is 2.59 bits per heavy atom. The second-order valence-electron chi connectivity index (χ2n) is 3.80. The quantitative estimate of drug-likeness (QED) is 0.841. The molecular weight excluding hydrogens is 214 g/mol. The minimum Gasteiger partial charge on any atom is -0.387 e. The molecule has 0 bridgehead atoms. The summed E-state index contributed by atoms with van der Waals surface area (Å²) < 4.78 is 0. The molecule has 0 fully saturated rings. The Kier molecular flexibility index (Phi) is 3.67. The molecule has 0 amide bonds. The van der Waals surface area contributed by atoms with Crippen LogP contribution in [0.2, 0.25) is 0 Å². The standard InChI is InChI=1S/C13H15N3O/c1-10-13(15-8-7-14-10)16-9-12(17)11-5-3-2-4-6-11/h2-8,12,17H,9H2,1H3,(H,15,16). The Morgan fingerprint density at radius 1 is 1.18 bits per heavy atom. The van der Waals surface area contributed by atoms with Crippen molar-refractivity contribution >= 4 is 5.82 Å². The van der Waals surface area contributed by atoms with Crippen LogP contribution in [0.1, 0.15) is 17.4 Å². The Labute approximate surface area is 100 Å². The van der Waals surface area contributed by atoms with Crippen molar-refractivity contribution in [2.75, 3.05) is 11.9 Å². The summed E-state index contributed by atoms with van der Waals surface area (Å²) in [5, 5.41) is 13.0.